The third-order valence-electron chi connectivity index (χ3n) is 0.998. The maximum absolute atomic E-state index is 3.94. The number of fused-ring (bicyclic) bond motifs is 1. The average molecular weight is 387 g/mol. The molecule has 0 atom stereocenters. The summed E-state index contributed by atoms with van der Waals surface area (Å²) in [6, 6.07) is 0. The van der Waals surface area contributed by atoms with Crippen LogP contribution in [0.4, 0.5) is 0 Å². The Bertz CT molecular complexity index is 359. The summed E-state index contributed by atoms with van der Waals surface area (Å²) < 4.78 is 2.02. The maximum atomic E-state index is 3.94. The molecule has 0 aliphatic rings. The van der Waals surface area contributed by atoms with E-state index in [0.29, 0.717) is 10.3 Å². The van der Waals surface area contributed by atoms with Crippen molar-refractivity contribution in [3.63, 3.8) is 0 Å². The Kier molecular flexibility index (Phi) is 2.97. The van der Waals surface area contributed by atoms with Crippen molar-refractivity contribution in [3.8, 4) is 0 Å². The van der Waals surface area contributed by atoms with E-state index in [4.69, 9.17) is 0 Å². The van der Waals surface area contributed by atoms with E-state index in [-0.39, 0.29) is 31.1 Å². The molecule has 2 rings (SSSR count). The minimum Gasteiger partial charge on any atom is -0.348 e. The first-order valence-electron chi connectivity index (χ1n) is 2.67. The van der Waals surface area contributed by atoms with Crippen molar-refractivity contribution < 1.29 is 31.1 Å². The largest absolute Gasteiger partial charge is 0.348 e. The Morgan fingerprint density at radius 1 is 1.36 bits per heavy atom. The smallest absolute Gasteiger partial charge is 0.328 e. The summed E-state index contributed by atoms with van der Waals surface area (Å²) in [6.45, 7) is 0. The molecule has 2 aromatic rings. The fourth-order valence-corrected chi connectivity index (χ4v) is 0.892. The summed E-state index contributed by atoms with van der Waals surface area (Å²) in [6.07, 6.45) is 2.53. The maximum Gasteiger partial charge on any atom is 0.328 e. The van der Waals surface area contributed by atoms with Crippen LogP contribution in [-0.2, 0) is 0 Å². The second-order valence-electron chi connectivity index (χ2n) is 1.76. The summed E-state index contributed by atoms with van der Waals surface area (Å²) in [5.41, 5.74) is 0.458. The minimum atomic E-state index is 0. The standard InChI is InChI=1S/C3N6.Al.U.2H/c1-3-7-5-2-6-9(3)8-4-1;;;;/q-1;;;;. The minimum absolute atomic E-state index is 0. The summed E-state index contributed by atoms with van der Waals surface area (Å²) in [7, 11) is 0. The van der Waals surface area contributed by atoms with Crippen molar-refractivity contribution in [1.82, 2.24) is 30.2 Å². The summed E-state index contributed by atoms with van der Waals surface area (Å²) in [5, 5.41) is 18.5. The molecule has 0 aromatic carbocycles. The molecular weight excluding hydrogens is 385 g/mol. The zero-order valence-corrected chi connectivity index (χ0v) is 11.8. The van der Waals surface area contributed by atoms with Gasteiger partial charge in [0.2, 0.25) is 0 Å². The molecule has 0 saturated heterocycles. The molecular formula is C3H2AlN6U-. The topological polar surface area (TPSA) is 68.9 Å². The van der Waals surface area contributed by atoms with E-state index in [2.05, 4.69) is 31.8 Å². The van der Waals surface area contributed by atoms with Crippen molar-refractivity contribution in [2.75, 3.05) is 0 Å². The molecule has 0 N–H and O–H groups in total. The van der Waals surface area contributed by atoms with Crippen molar-refractivity contribution in [2.24, 2.45) is 0 Å². The van der Waals surface area contributed by atoms with Gasteiger partial charge in [0.15, 0.2) is 0 Å². The molecule has 0 fully saturated rings. The molecule has 0 radical (unpaired) electrons. The van der Waals surface area contributed by atoms with Crippen LogP contribution in [0.15, 0.2) is 0 Å². The second kappa shape index (κ2) is 3.60. The first-order valence-corrected chi connectivity index (χ1v) is 3.67. The summed E-state index contributed by atoms with van der Waals surface area (Å²) in [4.78, 5) is 0. The predicted molar refractivity (Wildman–Crippen MR) is 33.4 cm³/mol. The van der Waals surface area contributed by atoms with Gasteiger partial charge in [0.25, 0.3) is 0 Å². The number of rotatable bonds is 0. The van der Waals surface area contributed by atoms with Crippen molar-refractivity contribution in [1.29, 1.82) is 0 Å². The fourth-order valence-electron chi connectivity index (χ4n) is 0.603. The molecule has 2 heterocycles. The molecule has 6 nitrogen and oxygen atoms in total. The SMILES string of the molecule is [AlH2][c]1nnc2[c-]nnn2n1.[U]. The van der Waals surface area contributed by atoms with Gasteiger partial charge in [-0.25, -0.2) is 0 Å². The summed E-state index contributed by atoms with van der Waals surface area (Å²) >= 11 is 0.768. The average Bonchev–Trinajstić information content (AvgIpc) is 2.33. The van der Waals surface area contributed by atoms with Crippen LogP contribution in [0.1, 0.15) is 0 Å². The molecule has 11 heavy (non-hydrogen) atoms. The van der Waals surface area contributed by atoms with Crippen LogP contribution >= 0.6 is 0 Å². The van der Waals surface area contributed by atoms with Gasteiger partial charge in [0.05, 0.1) is 4.69 Å². The van der Waals surface area contributed by atoms with Crippen LogP contribution in [0.2, 0.25) is 0 Å². The Morgan fingerprint density at radius 3 is 3.00 bits per heavy atom. The Hall–Kier alpha value is -0.00558. The molecule has 8 heteroatoms. The van der Waals surface area contributed by atoms with Gasteiger partial charge in [-0.3, -0.25) is 6.20 Å². The normalized spacial score (nSPS) is 9.45. The zero-order chi connectivity index (χ0) is 6.97. The van der Waals surface area contributed by atoms with Gasteiger partial charge < -0.3 is 5.10 Å². The number of aromatic nitrogens is 6. The summed E-state index contributed by atoms with van der Waals surface area (Å²) in [5.74, 6) is 0. The van der Waals surface area contributed by atoms with Crippen molar-refractivity contribution in [3.05, 3.63) is 6.20 Å². The number of hydrogen-bond donors (Lipinski definition) is 0. The van der Waals surface area contributed by atoms with E-state index < -0.39 is 0 Å². The van der Waals surface area contributed by atoms with E-state index in [1.807, 2.05) is 0 Å². The Labute approximate surface area is 93.6 Å². The van der Waals surface area contributed by atoms with Crippen LogP contribution in [0.3, 0.4) is 0 Å². The molecule has 0 spiro atoms. The van der Waals surface area contributed by atoms with E-state index in [0.717, 1.165) is 16.3 Å². The quantitative estimate of drug-likeness (QED) is 0.356. The van der Waals surface area contributed by atoms with Gasteiger partial charge >= 0.3 is 16.3 Å². The van der Waals surface area contributed by atoms with Crippen LogP contribution in [0.25, 0.3) is 5.65 Å². The molecule has 0 bridgehead atoms. The first-order chi connectivity index (χ1) is 4.86. The molecule has 0 aliphatic heterocycles. The molecule has 0 unspecified atom stereocenters. The van der Waals surface area contributed by atoms with E-state index in [1.165, 1.54) is 4.63 Å². The molecule has 0 amide bonds. The molecule has 0 aliphatic carbocycles. The zero-order valence-electron chi connectivity index (χ0n) is 5.68. The monoisotopic (exact) mass is 387 g/mol. The Morgan fingerprint density at radius 2 is 2.18 bits per heavy atom. The van der Waals surface area contributed by atoms with Crippen LogP contribution < -0.4 is 4.69 Å². The molecule has 0 saturated carbocycles. The third-order valence-corrected chi connectivity index (χ3v) is 1.40. The van der Waals surface area contributed by atoms with Crippen LogP contribution in [0, 0.1) is 37.3 Å². The Balaban J connectivity index is 0.000000605. The van der Waals surface area contributed by atoms with E-state index in [9.17, 15) is 0 Å². The van der Waals surface area contributed by atoms with Gasteiger partial charge in [-0.2, -0.15) is 15.3 Å². The van der Waals surface area contributed by atoms with Gasteiger partial charge in [0.1, 0.15) is 0 Å². The second-order valence-corrected chi connectivity index (χ2v) is 2.66. The van der Waals surface area contributed by atoms with Gasteiger partial charge in [-0.05, 0) is 0 Å². The van der Waals surface area contributed by atoms with Gasteiger partial charge in [-0.15, -0.1) is 4.63 Å². The van der Waals surface area contributed by atoms with Gasteiger partial charge in [-0.1, -0.05) is 5.21 Å². The predicted octanol–water partition coefficient (Wildman–Crippen LogP) is -3.03. The first kappa shape index (κ1) is 9.09. The van der Waals surface area contributed by atoms with Crippen molar-refractivity contribution >= 4 is 26.6 Å². The fraction of sp³-hybridized carbons (Fsp3) is 0. The van der Waals surface area contributed by atoms with E-state index in [1.54, 1.807) is 0 Å². The molecule has 2 aromatic heterocycles. The third kappa shape index (κ3) is 1.77. The number of hydrogen-bond acceptors (Lipinski definition) is 5. The van der Waals surface area contributed by atoms with Crippen LogP contribution in [0.5, 0.6) is 0 Å². The van der Waals surface area contributed by atoms with E-state index >= 15 is 0 Å². The number of nitrogens with zero attached hydrogens (tertiary/aromatic N) is 6. The van der Waals surface area contributed by atoms with Crippen molar-refractivity contribution in [2.45, 2.75) is 0 Å². The van der Waals surface area contributed by atoms with Gasteiger partial charge in [0, 0.05) is 36.8 Å². The molecule has 52 valence electrons. The van der Waals surface area contributed by atoms with Crippen LogP contribution in [-0.4, -0.2) is 46.5 Å².